The normalized spacial score (nSPS) is 16.7. The van der Waals surface area contributed by atoms with E-state index < -0.39 is 7.14 Å². The van der Waals surface area contributed by atoms with E-state index in [4.69, 9.17) is 4.74 Å². The Morgan fingerprint density at radius 2 is 1.00 bits per heavy atom. The summed E-state index contributed by atoms with van der Waals surface area (Å²) in [6.07, 6.45) is 12.0. The first-order chi connectivity index (χ1) is 21.7. The van der Waals surface area contributed by atoms with Gasteiger partial charge in [0.15, 0.2) is 0 Å². The van der Waals surface area contributed by atoms with E-state index in [1.807, 2.05) is 12.1 Å². The van der Waals surface area contributed by atoms with Gasteiger partial charge in [-0.15, -0.1) is 0 Å². The smallest absolute Gasteiger partial charge is 0.127 e. The Morgan fingerprint density at radius 3 is 1.57 bits per heavy atom. The van der Waals surface area contributed by atoms with Gasteiger partial charge in [0.2, 0.25) is 0 Å². The minimum atomic E-state index is -2.56. The van der Waals surface area contributed by atoms with E-state index in [-0.39, 0.29) is 0 Å². The Morgan fingerprint density at radius 1 is 0.523 bits per heavy atom. The monoisotopic (exact) mass is 598 g/mol. The Bertz CT molecular complexity index is 1750. The van der Waals surface area contributed by atoms with Crippen molar-refractivity contribution >= 4 is 23.2 Å². The summed E-state index contributed by atoms with van der Waals surface area (Å²) in [5, 5.41) is 3.48. The lowest BCUT2D eigenvalue weighted by Crippen LogP contribution is -2.30. The predicted octanol–water partition coefficient (Wildman–Crippen LogP) is 11.5. The van der Waals surface area contributed by atoms with Crippen LogP contribution in [-0.2, 0) is 4.57 Å². The minimum Gasteiger partial charge on any atom is -0.496 e. The average Bonchev–Trinajstić information content (AvgIpc) is 3.11. The maximum absolute atomic E-state index is 15.5. The molecule has 2 nitrogen and oxygen atoms in total. The van der Waals surface area contributed by atoms with Crippen LogP contribution in [0.5, 0.6) is 5.75 Å². The van der Waals surface area contributed by atoms with E-state index in [1.165, 1.54) is 77.3 Å². The molecule has 44 heavy (non-hydrogen) atoms. The predicted molar refractivity (Wildman–Crippen MR) is 188 cm³/mol. The van der Waals surface area contributed by atoms with Crippen molar-refractivity contribution in [2.24, 2.45) is 0 Å². The molecular weight excluding hydrogens is 555 g/mol. The van der Waals surface area contributed by atoms with Crippen LogP contribution in [0, 0.1) is 0 Å². The fourth-order valence-corrected chi connectivity index (χ4v) is 12.6. The first-order valence-electron chi connectivity index (χ1n) is 16.6. The zero-order chi connectivity index (χ0) is 29.9. The maximum atomic E-state index is 15.5. The molecule has 0 saturated heterocycles. The fourth-order valence-electron chi connectivity index (χ4n) is 8.04. The van der Waals surface area contributed by atoms with Crippen LogP contribution in [0.1, 0.15) is 64.2 Å². The van der Waals surface area contributed by atoms with Crippen LogP contribution in [0.3, 0.4) is 0 Å². The number of hydrogen-bond acceptors (Lipinski definition) is 2. The van der Waals surface area contributed by atoms with Gasteiger partial charge in [0.25, 0.3) is 0 Å². The Labute approximate surface area is 262 Å². The van der Waals surface area contributed by atoms with Crippen LogP contribution >= 0.6 is 7.14 Å². The molecule has 0 amide bonds. The molecule has 0 aromatic heterocycles. The van der Waals surface area contributed by atoms with Gasteiger partial charge in [-0.1, -0.05) is 142 Å². The number of benzene rings is 5. The second-order valence-corrected chi connectivity index (χ2v) is 16.2. The first-order valence-corrected chi connectivity index (χ1v) is 18.5. The molecule has 7 rings (SSSR count). The van der Waals surface area contributed by atoms with Crippen molar-refractivity contribution in [1.29, 1.82) is 0 Å². The highest BCUT2D eigenvalue weighted by Crippen LogP contribution is 2.62. The lowest BCUT2D eigenvalue weighted by atomic mass is 9.95. The third kappa shape index (κ3) is 5.43. The fraction of sp³-hybridized carbons (Fsp3) is 0.317. The minimum absolute atomic E-state index is 0.347. The summed E-state index contributed by atoms with van der Waals surface area (Å²) < 4.78 is 21.2. The largest absolute Gasteiger partial charge is 0.496 e. The van der Waals surface area contributed by atoms with E-state index in [1.54, 1.807) is 7.11 Å². The van der Waals surface area contributed by atoms with Gasteiger partial charge in [0.1, 0.15) is 12.9 Å². The molecule has 0 bridgehead atoms. The van der Waals surface area contributed by atoms with Crippen LogP contribution < -0.4 is 10.0 Å². The van der Waals surface area contributed by atoms with Crippen molar-refractivity contribution < 1.29 is 9.30 Å². The zero-order valence-electron chi connectivity index (χ0n) is 25.9. The number of rotatable bonds is 7. The highest BCUT2D eigenvalue weighted by Gasteiger charge is 2.43. The van der Waals surface area contributed by atoms with Gasteiger partial charge in [-0.2, -0.15) is 0 Å². The summed E-state index contributed by atoms with van der Waals surface area (Å²) in [5.74, 6) is 0.898. The maximum Gasteiger partial charge on any atom is 0.127 e. The molecule has 0 aliphatic heterocycles. The van der Waals surface area contributed by atoms with Crippen LogP contribution in [-0.4, -0.2) is 18.4 Å². The standard InChI is InChI=1S/C41H43O2P/c1-43-39-20-11-13-34-12-10-19-38(41(34)39)33-28-24-31(25-29-33)30-22-26-32(27-23-30)37-18-8-9-21-40(37)44(42,35-14-4-2-5-15-35)36-16-6-3-7-17-36/h8-13,18-29,35-36H,2-7,14-17H2,1H3. The Balaban J connectivity index is 1.20. The molecule has 0 heterocycles. The Hall–Kier alpha value is -3.61. The summed E-state index contributed by atoms with van der Waals surface area (Å²) in [4.78, 5) is 0. The van der Waals surface area contributed by atoms with Crippen molar-refractivity contribution in [3.63, 3.8) is 0 Å². The van der Waals surface area contributed by atoms with Crippen LogP contribution in [0.2, 0.25) is 0 Å². The zero-order valence-corrected chi connectivity index (χ0v) is 26.8. The van der Waals surface area contributed by atoms with Gasteiger partial charge in [-0.3, -0.25) is 0 Å². The molecule has 5 aromatic rings. The molecule has 0 radical (unpaired) electrons. The van der Waals surface area contributed by atoms with Crippen LogP contribution in [0.25, 0.3) is 44.2 Å². The second-order valence-electron chi connectivity index (χ2n) is 12.8. The summed E-state index contributed by atoms with van der Waals surface area (Å²) >= 11 is 0. The molecule has 2 saturated carbocycles. The molecule has 2 aliphatic rings. The lowest BCUT2D eigenvalue weighted by Gasteiger charge is -2.39. The van der Waals surface area contributed by atoms with Crippen LogP contribution in [0.4, 0.5) is 0 Å². The highest BCUT2D eigenvalue weighted by atomic mass is 31.2. The van der Waals surface area contributed by atoms with Gasteiger partial charge >= 0.3 is 0 Å². The SMILES string of the molecule is COc1cccc2cccc(-c3ccc(-c4ccc(-c5ccccc5P(=O)(C5CCCCC5)C5CCCCC5)cc4)cc3)c12. The topological polar surface area (TPSA) is 26.3 Å². The van der Waals surface area contributed by atoms with Crippen molar-refractivity contribution in [1.82, 2.24) is 0 Å². The van der Waals surface area contributed by atoms with Gasteiger partial charge in [0.05, 0.1) is 7.11 Å². The molecule has 224 valence electrons. The van der Waals surface area contributed by atoms with Crippen LogP contribution in [0.15, 0.2) is 109 Å². The average molecular weight is 599 g/mol. The van der Waals surface area contributed by atoms with E-state index in [2.05, 4.69) is 97.1 Å². The number of hydrogen-bond donors (Lipinski definition) is 0. The van der Waals surface area contributed by atoms with Gasteiger partial charge < -0.3 is 9.30 Å². The van der Waals surface area contributed by atoms with E-state index in [0.717, 1.165) is 42.1 Å². The number of ether oxygens (including phenoxy) is 1. The molecule has 0 spiro atoms. The highest BCUT2D eigenvalue weighted by molar-refractivity contribution is 7.73. The number of methoxy groups -OCH3 is 1. The van der Waals surface area contributed by atoms with Crippen molar-refractivity contribution in [3.05, 3.63) is 109 Å². The van der Waals surface area contributed by atoms with E-state index in [9.17, 15) is 0 Å². The van der Waals surface area contributed by atoms with Crippen molar-refractivity contribution in [2.45, 2.75) is 75.5 Å². The molecule has 0 unspecified atom stereocenters. The quantitative estimate of drug-likeness (QED) is 0.174. The van der Waals surface area contributed by atoms with Crippen molar-refractivity contribution in [3.8, 4) is 39.1 Å². The first kappa shape index (κ1) is 29.1. The molecule has 0 atom stereocenters. The van der Waals surface area contributed by atoms with Crippen molar-refractivity contribution in [2.75, 3.05) is 7.11 Å². The second kappa shape index (κ2) is 12.8. The van der Waals surface area contributed by atoms with Gasteiger partial charge in [-0.05, 0) is 70.5 Å². The third-order valence-corrected chi connectivity index (χ3v) is 14.7. The summed E-state index contributed by atoms with van der Waals surface area (Å²) in [6, 6.07) is 39.1. The van der Waals surface area contributed by atoms with Gasteiger partial charge in [0, 0.05) is 22.0 Å². The molecular formula is C41H43O2P. The summed E-state index contributed by atoms with van der Waals surface area (Å²) in [5.41, 5.74) is 7.79. The molecule has 0 N–H and O–H groups in total. The Kier molecular flexibility index (Phi) is 8.46. The van der Waals surface area contributed by atoms with E-state index in [0.29, 0.717) is 11.3 Å². The van der Waals surface area contributed by atoms with Gasteiger partial charge in [-0.25, -0.2) is 0 Å². The molecule has 2 fully saturated rings. The third-order valence-electron chi connectivity index (χ3n) is 10.3. The molecule has 2 aliphatic carbocycles. The number of fused-ring (bicyclic) bond motifs is 1. The van der Waals surface area contributed by atoms with E-state index >= 15 is 4.57 Å². The summed E-state index contributed by atoms with van der Waals surface area (Å²) in [7, 11) is -0.825. The summed E-state index contributed by atoms with van der Waals surface area (Å²) in [6.45, 7) is 0. The molecule has 3 heteroatoms. The lowest BCUT2D eigenvalue weighted by molar-refractivity contribution is 0.420. The molecule has 5 aromatic carbocycles.